The van der Waals surface area contributed by atoms with Crippen molar-refractivity contribution < 1.29 is 19.4 Å². The first-order chi connectivity index (χ1) is 14.9. The van der Waals surface area contributed by atoms with Gasteiger partial charge in [-0.15, -0.1) is 0 Å². The third-order valence-corrected chi connectivity index (χ3v) is 5.42. The zero-order chi connectivity index (χ0) is 22.2. The van der Waals surface area contributed by atoms with Crippen molar-refractivity contribution in [2.24, 2.45) is 0 Å². The van der Waals surface area contributed by atoms with Gasteiger partial charge in [-0.25, -0.2) is 4.79 Å². The third kappa shape index (κ3) is 6.84. The molecular weight excluding hydrogens is 482 g/mol. The summed E-state index contributed by atoms with van der Waals surface area (Å²) in [5.41, 5.74) is 1.65. The number of ether oxygens (including phenoxy) is 1. The minimum Gasteiger partial charge on any atom is -0.484 e. The lowest BCUT2D eigenvalue weighted by molar-refractivity contribution is -0.151. The zero-order valence-corrected chi connectivity index (χ0v) is 18.9. The minimum atomic E-state index is -1.07. The Hall–Kier alpha value is -2.83. The molecule has 0 aliphatic carbocycles. The summed E-state index contributed by atoms with van der Waals surface area (Å²) >= 11 is 9.30. The molecule has 1 amide bonds. The van der Waals surface area contributed by atoms with Crippen LogP contribution in [0.3, 0.4) is 0 Å². The van der Waals surface area contributed by atoms with E-state index in [4.69, 9.17) is 16.3 Å². The third-order valence-electron chi connectivity index (χ3n) is 4.67. The summed E-state index contributed by atoms with van der Waals surface area (Å²) in [6.07, 6.45) is 0.191. The van der Waals surface area contributed by atoms with Gasteiger partial charge < -0.3 is 14.7 Å². The number of carboxylic acid groups (broad SMARTS) is 1. The highest BCUT2D eigenvalue weighted by Crippen LogP contribution is 2.19. The van der Waals surface area contributed by atoms with Crippen LogP contribution in [0.2, 0.25) is 5.02 Å². The summed E-state index contributed by atoms with van der Waals surface area (Å²) in [6, 6.07) is 22.3. The van der Waals surface area contributed by atoms with Gasteiger partial charge in [-0.2, -0.15) is 0 Å². The average Bonchev–Trinajstić information content (AvgIpc) is 2.76. The Morgan fingerprint density at radius 3 is 2.29 bits per heavy atom. The molecule has 0 aliphatic rings. The van der Waals surface area contributed by atoms with E-state index in [-0.39, 0.29) is 19.6 Å². The number of hydrogen-bond donors (Lipinski definition) is 1. The van der Waals surface area contributed by atoms with Crippen LogP contribution in [0, 0.1) is 0 Å². The standard InChI is InChI=1S/C24H21BrClNO4/c25-19-8-4-7-18(13-19)15-27(22(24(29)30)14-17-5-2-1-3-6-17)23(28)16-31-21-11-9-20(26)10-12-21/h1-13,22H,14-16H2,(H,29,30)/t22-/m0/s1. The molecule has 5 nitrogen and oxygen atoms in total. The van der Waals surface area contributed by atoms with Crippen LogP contribution < -0.4 is 4.74 Å². The van der Waals surface area contributed by atoms with E-state index in [2.05, 4.69) is 15.9 Å². The van der Waals surface area contributed by atoms with E-state index in [1.165, 1.54) is 4.90 Å². The Labute approximate surface area is 194 Å². The first kappa shape index (κ1) is 22.8. The van der Waals surface area contributed by atoms with Crippen LogP contribution in [-0.2, 0) is 22.6 Å². The molecule has 31 heavy (non-hydrogen) atoms. The summed E-state index contributed by atoms with van der Waals surface area (Å²) in [4.78, 5) is 26.6. The van der Waals surface area contributed by atoms with Crippen molar-refractivity contribution >= 4 is 39.4 Å². The molecular formula is C24H21BrClNO4. The van der Waals surface area contributed by atoms with E-state index < -0.39 is 17.9 Å². The van der Waals surface area contributed by atoms with Gasteiger partial charge in [0.15, 0.2) is 6.61 Å². The van der Waals surface area contributed by atoms with Gasteiger partial charge in [0.05, 0.1) is 0 Å². The molecule has 7 heteroatoms. The number of amides is 1. The fourth-order valence-electron chi connectivity index (χ4n) is 3.13. The molecule has 0 bridgehead atoms. The lowest BCUT2D eigenvalue weighted by Gasteiger charge is -2.29. The van der Waals surface area contributed by atoms with Gasteiger partial charge in [-0.05, 0) is 47.5 Å². The number of carboxylic acids is 1. The van der Waals surface area contributed by atoms with Crippen molar-refractivity contribution in [2.45, 2.75) is 19.0 Å². The molecule has 3 rings (SSSR count). The first-order valence-corrected chi connectivity index (χ1v) is 10.8. The first-order valence-electron chi connectivity index (χ1n) is 9.61. The SMILES string of the molecule is O=C(O)[C@H](Cc1ccccc1)N(Cc1cccc(Br)c1)C(=O)COc1ccc(Cl)cc1. The Balaban J connectivity index is 1.83. The van der Waals surface area contributed by atoms with Gasteiger partial charge in [-0.3, -0.25) is 4.79 Å². The van der Waals surface area contributed by atoms with Gasteiger partial charge >= 0.3 is 5.97 Å². The molecule has 1 atom stereocenters. The molecule has 1 N–H and O–H groups in total. The predicted octanol–water partition coefficient (Wildman–Crippen LogP) is 5.21. The summed E-state index contributed by atoms with van der Waals surface area (Å²) in [6.45, 7) is -0.139. The van der Waals surface area contributed by atoms with Crippen molar-refractivity contribution in [3.05, 3.63) is 99.5 Å². The second-order valence-electron chi connectivity index (χ2n) is 6.94. The Morgan fingerprint density at radius 1 is 0.968 bits per heavy atom. The van der Waals surface area contributed by atoms with E-state index >= 15 is 0 Å². The summed E-state index contributed by atoms with van der Waals surface area (Å²) in [7, 11) is 0. The predicted molar refractivity (Wildman–Crippen MR) is 123 cm³/mol. The maximum atomic E-state index is 13.1. The summed E-state index contributed by atoms with van der Waals surface area (Å²) in [5, 5.41) is 10.5. The molecule has 0 heterocycles. The molecule has 0 aliphatic heterocycles. The molecule has 0 radical (unpaired) electrons. The lowest BCUT2D eigenvalue weighted by atomic mass is 10.0. The molecule has 160 valence electrons. The highest BCUT2D eigenvalue weighted by atomic mass is 79.9. The largest absolute Gasteiger partial charge is 0.484 e. The van der Waals surface area contributed by atoms with Crippen LogP contribution in [0.25, 0.3) is 0 Å². The molecule has 0 fully saturated rings. The van der Waals surface area contributed by atoms with Crippen molar-refractivity contribution in [2.75, 3.05) is 6.61 Å². The number of nitrogens with zero attached hydrogens (tertiary/aromatic N) is 1. The highest BCUT2D eigenvalue weighted by Gasteiger charge is 2.30. The fourth-order valence-corrected chi connectivity index (χ4v) is 3.70. The van der Waals surface area contributed by atoms with E-state index in [9.17, 15) is 14.7 Å². The van der Waals surface area contributed by atoms with Gasteiger partial charge in [0.1, 0.15) is 11.8 Å². The molecule has 0 unspecified atom stereocenters. The number of carbonyl (C=O) groups excluding carboxylic acids is 1. The molecule has 3 aromatic carbocycles. The molecule has 0 saturated carbocycles. The van der Waals surface area contributed by atoms with Crippen LogP contribution in [0.1, 0.15) is 11.1 Å². The molecule has 0 aromatic heterocycles. The normalized spacial score (nSPS) is 11.5. The summed E-state index contributed by atoms with van der Waals surface area (Å²) in [5.74, 6) is -1.01. The Bertz CT molecular complexity index is 1030. The van der Waals surface area contributed by atoms with Crippen molar-refractivity contribution in [3.8, 4) is 5.75 Å². The topological polar surface area (TPSA) is 66.8 Å². The van der Waals surface area contributed by atoms with Crippen LogP contribution in [0.4, 0.5) is 0 Å². The number of hydrogen-bond acceptors (Lipinski definition) is 3. The van der Waals surface area contributed by atoms with Gasteiger partial charge in [0.25, 0.3) is 5.91 Å². The number of carbonyl (C=O) groups is 2. The van der Waals surface area contributed by atoms with Crippen LogP contribution in [0.5, 0.6) is 5.75 Å². The summed E-state index contributed by atoms with van der Waals surface area (Å²) < 4.78 is 6.44. The Morgan fingerprint density at radius 2 is 1.65 bits per heavy atom. The van der Waals surface area contributed by atoms with Gasteiger partial charge in [-0.1, -0.05) is 70.0 Å². The molecule has 0 spiro atoms. The maximum Gasteiger partial charge on any atom is 0.326 e. The fraction of sp³-hybridized carbons (Fsp3) is 0.167. The van der Waals surface area contributed by atoms with Crippen LogP contribution in [-0.4, -0.2) is 34.5 Å². The second kappa shape index (κ2) is 11.0. The monoisotopic (exact) mass is 501 g/mol. The Kier molecular flexibility index (Phi) is 8.09. The number of aliphatic carboxylic acids is 1. The number of halogens is 2. The number of benzene rings is 3. The second-order valence-corrected chi connectivity index (χ2v) is 8.29. The van der Waals surface area contributed by atoms with Crippen molar-refractivity contribution in [3.63, 3.8) is 0 Å². The van der Waals surface area contributed by atoms with Crippen LogP contribution >= 0.6 is 27.5 Å². The quantitative estimate of drug-likeness (QED) is 0.436. The molecule has 0 saturated heterocycles. The maximum absolute atomic E-state index is 13.1. The average molecular weight is 503 g/mol. The molecule has 3 aromatic rings. The van der Waals surface area contributed by atoms with Crippen LogP contribution in [0.15, 0.2) is 83.3 Å². The zero-order valence-electron chi connectivity index (χ0n) is 16.6. The van der Waals surface area contributed by atoms with Gasteiger partial charge in [0, 0.05) is 22.5 Å². The highest BCUT2D eigenvalue weighted by molar-refractivity contribution is 9.10. The minimum absolute atomic E-state index is 0.145. The van der Waals surface area contributed by atoms with Crippen molar-refractivity contribution in [1.29, 1.82) is 0 Å². The smallest absolute Gasteiger partial charge is 0.326 e. The number of rotatable bonds is 9. The van der Waals surface area contributed by atoms with Gasteiger partial charge in [0.2, 0.25) is 0 Å². The van der Waals surface area contributed by atoms with E-state index in [1.54, 1.807) is 24.3 Å². The van der Waals surface area contributed by atoms with Crippen molar-refractivity contribution in [1.82, 2.24) is 4.90 Å². The lowest BCUT2D eigenvalue weighted by Crippen LogP contribution is -2.47. The van der Waals surface area contributed by atoms with E-state index in [1.807, 2.05) is 54.6 Å². The van der Waals surface area contributed by atoms with E-state index in [0.29, 0.717) is 10.8 Å². The van der Waals surface area contributed by atoms with E-state index in [0.717, 1.165) is 15.6 Å².